The number of carbonyl (C=O) groups is 2. The van der Waals surface area contributed by atoms with Crippen LogP contribution < -0.4 is 4.90 Å². The molecule has 2 aromatic heterocycles. The number of hydrogen-bond donors (Lipinski definition) is 0. The molecule has 3 aliphatic rings. The molecule has 0 aromatic carbocycles. The second-order valence-electron chi connectivity index (χ2n) is 9.54. The Morgan fingerprint density at radius 2 is 2.06 bits per heavy atom. The first-order valence-corrected chi connectivity index (χ1v) is 14.3. The van der Waals surface area contributed by atoms with Gasteiger partial charge >= 0.3 is 5.97 Å². The van der Waals surface area contributed by atoms with E-state index in [9.17, 15) is 9.59 Å². The first-order chi connectivity index (χ1) is 16.0. The van der Waals surface area contributed by atoms with Crippen LogP contribution in [0.2, 0.25) is 0 Å². The van der Waals surface area contributed by atoms with Crippen LogP contribution in [0, 0.1) is 11.8 Å². The van der Waals surface area contributed by atoms with Crippen LogP contribution in [0.5, 0.6) is 0 Å². The predicted octanol–water partition coefficient (Wildman–Crippen LogP) is 2.74. The van der Waals surface area contributed by atoms with Gasteiger partial charge in [0.1, 0.15) is 23.9 Å². The van der Waals surface area contributed by atoms with Gasteiger partial charge in [-0.3, -0.25) is 4.79 Å². The van der Waals surface area contributed by atoms with Crippen LogP contribution in [0.4, 0.5) is 5.82 Å². The number of aldehydes is 1. The lowest BCUT2D eigenvalue weighted by molar-refractivity contribution is 0.0458. The summed E-state index contributed by atoms with van der Waals surface area (Å²) in [7, 11) is -0.407. The molecule has 2 aliphatic heterocycles. The molecule has 2 atom stereocenters. The summed E-state index contributed by atoms with van der Waals surface area (Å²) in [6.45, 7) is 5.01. The third-order valence-electron chi connectivity index (χ3n) is 6.93. The summed E-state index contributed by atoms with van der Waals surface area (Å²) in [6, 6.07) is 5.67. The van der Waals surface area contributed by atoms with E-state index in [-0.39, 0.29) is 6.73 Å². The van der Waals surface area contributed by atoms with E-state index in [4.69, 9.17) is 9.47 Å². The first kappa shape index (κ1) is 22.4. The molecule has 2 aromatic rings. The molecule has 1 saturated carbocycles. The fourth-order valence-electron chi connectivity index (χ4n) is 4.48. The maximum atomic E-state index is 12.5. The lowest BCUT2D eigenvalue weighted by Gasteiger charge is -2.19. The number of carbonyl (C=O) groups excluding carboxylic acids is 2. The molecule has 0 bridgehead atoms. The van der Waals surface area contributed by atoms with E-state index in [1.165, 1.54) is 17.9 Å². The van der Waals surface area contributed by atoms with Gasteiger partial charge in [0.2, 0.25) is 0 Å². The van der Waals surface area contributed by atoms with Crippen molar-refractivity contribution in [1.29, 1.82) is 0 Å². The molecule has 2 saturated heterocycles. The van der Waals surface area contributed by atoms with Gasteiger partial charge in [0, 0.05) is 25.3 Å². The van der Waals surface area contributed by atoms with E-state index in [0.29, 0.717) is 36.7 Å². The minimum atomic E-state index is -0.420. The van der Waals surface area contributed by atoms with Crippen LogP contribution >= 0.6 is 10.0 Å². The number of piperidine rings is 1. The number of ether oxygens (including phenoxy) is 2. The van der Waals surface area contributed by atoms with E-state index < -0.39 is 16.0 Å². The highest BCUT2D eigenvalue weighted by Crippen LogP contribution is 2.57. The summed E-state index contributed by atoms with van der Waals surface area (Å²) in [5.41, 5.74) is 2.27. The third-order valence-corrected chi connectivity index (χ3v) is 9.89. The first-order valence-electron chi connectivity index (χ1n) is 11.7. The zero-order valence-electron chi connectivity index (χ0n) is 19.4. The van der Waals surface area contributed by atoms with Crippen molar-refractivity contribution in [1.82, 2.24) is 14.8 Å². The summed E-state index contributed by atoms with van der Waals surface area (Å²) in [5.74, 6) is 5.80. The molecule has 3 fully saturated rings. The predicted molar refractivity (Wildman–Crippen MR) is 128 cm³/mol. The lowest BCUT2D eigenvalue weighted by Crippen LogP contribution is -2.23. The fraction of sp³-hybridized carbons (Fsp3) is 0.583. The second-order valence-corrected chi connectivity index (χ2v) is 13.7. The SMILES string of the molecule is CCOC(=O)c1cc(Cc2ccc(N3CC4CC4C3)nc2C=O)nn1COCCS1(C)CC1. The summed E-state index contributed by atoms with van der Waals surface area (Å²) >= 11 is 0. The van der Waals surface area contributed by atoms with Crippen molar-refractivity contribution in [3.63, 3.8) is 0 Å². The Morgan fingerprint density at radius 1 is 1.27 bits per heavy atom. The number of pyridine rings is 1. The number of fused-ring (bicyclic) bond motifs is 1. The van der Waals surface area contributed by atoms with Crippen LogP contribution in [0.15, 0.2) is 18.2 Å². The molecule has 178 valence electrons. The van der Waals surface area contributed by atoms with Gasteiger partial charge in [0.25, 0.3) is 0 Å². The van der Waals surface area contributed by atoms with Crippen LogP contribution in [-0.4, -0.2) is 76.8 Å². The molecule has 33 heavy (non-hydrogen) atoms. The minimum Gasteiger partial charge on any atom is -0.461 e. The highest BCUT2D eigenvalue weighted by molar-refractivity contribution is 8.38. The highest BCUT2D eigenvalue weighted by Gasteiger charge is 2.45. The van der Waals surface area contributed by atoms with Crippen LogP contribution in [-0.2, 0) is 22.6 Å². The average Bonchev–Trinajstić information content (AvgIpc) is 3.64. The molecule has 5 rings (SSSR count). The van der Waals surface area contributed by atoms with Crippen molar-refractivity contribution in [2.24, 2.45) is 11.8 Å². The molecule has 8 nitrogen and oxygen atoms in total. The summed E-state index contributed by atoms with van der Waals surface area (Å²) in [4.78, 5) is 31.1. The minimum absolute atomic E-state index is 0.207. The number of rotatable bonds is 11. The van der Waals surface area contributed by atoms with E-state index in [1.807, 2.05) is 12.1 Å². The van der Waals surface area contributed by atoms with E-state index in [2.05, 4.69) is 21.2 Å². The van der Waals surface area contributed by atoms with Gasteiger partial charge in [-0.15, -0.1) is 0 Å². The van der Waals surface area contributed by atoms with Crippen LogP contribution in [0.3, 0.4) is 0 Å². The van der Waals surface area contributed by atoms with Gasteiger partial charge in [0.05, 0.1) is 18.9 Å². The number of hydrogen-bond acceptors (Lipinski definition) is 7. The second kappa shape index (κ2) is 9.10. The van der Waals surface area contributed by atoms with Crippen molar-refractivity contribution < 1.29 is 19.1 Å². The summed E-state index contributed by atoms with van der Waals surface area (Å²) < 4.78 is 12.6. The monoisotopic (exact) mass is 472 g/mol. The Bertz CT molecular complexity index is 1040. The Balaban J connectivity index is 1.29. The fourth-order valence-corrected chi connectivity index (χ4v) is 6.55. The molecule has 0 spiro atoms. The maximum absolute atomic E-state index is 12.5. The van der Waals surface area contributed by atoms with Gasteiger partial charge in [0.15, 0.2) is 6.29 Å². The Morgan fingerprint density at radius 3 is 2.76 bits per heavy atom. The largest absolute Gasteiger partial charge is 0.461 e. The topological polar surface area (TPSA) is 86.5 Å². The molecule has 1 aliphatic carbocycles. The van der Waals surface area contributed by atoms with Gasteiger partial charge in [-0.25, -0.2) is 24.5 Å². The molecule has 2 unspecified atom stereocenters. The maximum Gasteiger partial charge on any atom is 0.356 e. The Labute approximate surface area is 196 Å². The van der Waals surface area contributed by atoms with Crippen LogP contribution in [0.25, 0.3) is 0 Å². The van der Waals surface area contributed by atoms with Crippen molar-refractivity contribution in [3.05, 3.63) is 40.8 Å². The van der Waals surface area contributed by atoms with E-state index in [1.54, 1.807) is 17.7 Å². The number of nitrogens with zero attached hydrogens (tertiary/aromatic N) is 4. The zero-order chi connectivity index (χ0) is 23.0. The molecule has 9 heteroatoms. The van der Waals surface area contributed by atoms with E-state index in [0.717, 1.165) is 48.3 Å². The van der Waals surface area contributed by atoms with Crippen LogP contribution in [0.1, 0.15) is 45.6 Å². The number of aromatic nitrogens is 3. The van der Waals surface area contributed by atoms with Gasteiger partial charge in [-0.2, -0.15) is 5.10 Å². The quantitative estimate of drug-likeness (QED) is 0.215. The molecule has 0 N–H and O–H groups in total. The van der Waals surface area contributed by atoms with Crippen molar-refractivity contribution in [2.45, 2.75) is 26.5 Å². The Kier molecular flexibility index (Phi) is 6.18. The van der Waals surface area contributed by atoms with Crippen molar-refractivity contribution in [3.8, 4) is 0 Å². The molecule has 0 radical (unpaired) electrons. The molecular formula is C24H32N4O4S. The highest BCUT2D eigenvalue weighted by atomic mass is 32.3. The molecule has 4 heterocycles. The average molecular weight is 473 g/mol. The van der Waals surface area contributed by atoms with Gasteiger partial charge < -0.3 is 14.4 Å². The molecule has 0 amide bonds. The standard InChI is InChI=1S/C24H32N4O4S/c1-3-32-24(30)22-12-20(26-28(22)16-31-6-7-33(2)8-9-33)11-17-4-5-23(25-21(17)15-29)27-13-18-10-19(18)14-27/h4-5,12,15,18-19H,3,6-11,13-14,16H2,1-2H3. The molecular weight excluding hydrogens is 440 g/mol. The number of esters is 1. The van der Waals surface area contributed by atoms with E-state index >= 15 is 0 Å². The lowest BCUT2D eigenvalue weighted by atomic mass is 10.1. The van der Waals surface area contributed by atoms with Crippen molar-refractivity contribution >= 4 is 28.1 Å². The van der Waals surface area contributed by atoms with Gasteiger partial charge in [-0.05, 0) is 60.6 Å². The van der Waals surface area contributed by atoms with Crippen molar-refractivity contribution in [2.75, 3.05) is 54.7 Å². The summed E-state index contributed by atoms with van der Waals surface area (Å²) in [5, 5.41) is 4.59. The summed E-state index contributed by atoms with van der Waals surface area (Å²) in [6.07, 6.45) is 4.89. The Hall–Kier alpha value is -2.39. The van der Waals surface area contributed by atoms with Gasteiger partial charge in [-0.1, -0.05) is 6.07 Å². The normalized spacial score (nSPS) is 23.2. The number of anilines is 1. The zero-order valence-corrected chi connectivity index (χ0v) is 20.2. The third kappa shape index (κ3) is 5.09. The smallest absolute Gasteiger partial charge is 0.356 e.